The molecule has 0 bridgehead atoms. The third kappa shape index (κ3) is 4.21. The molecule has 1 saturated carbocycles. The van der Waals surface area contributed by atoms with Gasteiger partial charge in [0.2, 0.25) is 0 Å². The van der Waals surface area contributed by atoms with E-state index >= 15 is 0 Å². The number of nitrogens with zero attached hydrogens (tertiary/aromatic N) is 1. The minimum absolute atomic E-state index is 0.111. The van der Waals surface area contributed by atoms with E-state index < -0.39 is 0 Å². The highest BCUT2D eigenvalue weighted by Gasteiger charge is 2.29. The molecule has 2 rings (SSSR count). The Morgan fingerprint density at radius 3 is 2.24 bits per heavy atom. The second kappa shape index (κ2) is 7.62. The van der Waals surface area contributed by atoms with E-state index in [1.807, 2.05) is 12.1 Å². The van der Waals surface area contributed by atoms with Crippen molar-refractivity contribution in [3.63, 3.8) is 0 Å². The van der Waals surface area contributed by atoms with E-state index in [1.165, 1.54) is 37.7 Å². The summed E-state index contributed by atoms with van der Waals surface area (Å²) in [5, 5.41) is 0.785. The number of likely N-dealkylation sites (N-methyl/N-ethyl adjacent to an activating group) is 1. The van der Waals surface area contributed by atoms with Gasteiger partial charge in [-0.15, -0.1) is 0 Å². The molecule has 2 atom stereocenters. The molecule has 0 aliphatic heterocycles. The van der Waals surface area contributed by atoms with Gasteiger partial charge in [0, 0.05) is 23.1 Å². The van der Waals surface area contributed by atoms with Gasteiger partial charge in [-0.25, -0.2) is 0 Å². The Morgan fingerprint density at radius 1 is 1.19 bits per heavy atom. The van der Waals surface area contributed by atoms with Crippen LogP contribution in [0.25, 0.3) is 0 Å². The predicted molar refractivity (Wildman–Crippen MR) is 91.6 cm³/mol. The van der Waals surface area contributed by atoms with E-state index in [0.29, 0.717) is 6.04 Å². The lowest BCUT2D eigenvalue weighted by atomic mass is 9.83. The van der Waals surface area contributed by atoms with Gasteiger partial charge >= 0.3 is 0 Å². The molecule has 2 N–H and O–H groups in total. The van der Waals surface area contributed by atoms with Gasteiger partial charge in [-0.05, 0) is 63.3 Å². The molecule has 3 heteroatoms. The second-order valence-corrected chi connectivity index (χ2v) is 7.04. The van der Waals surface area contributed by atoms with Crippen molar-refractivity contribution in [1.29, 1.82) is 0 Å². The van der Waals surface area contributed by atoms with Crippen molar-refractivity contribution in [2.24, 2.45) is 11.7 Å². The van der Waals surface area contributed by atoms with Gasteiger partial charge in [0.25, 0.3) is 0 Å². The molecule has 0 saturated heterocycles. The van der Waals surface area contributed by atoms with Crippen LogP contribution >= 0.6 is 11.6 Å². The summed E-state index contributed by atoms with van der Waals surface area (Å²) in [5.41, 5.74) is 7.57. The predicted octanol–water partition coefficient (Wildman–Crippen LogP) is 4.63. The molecule has 1 fully saturated rings. The zero-order valence-electron chi connectivity index (χ0n) is 13.6. The van der Waals surface area contributed by atoms with Crippen LogP contribution in [0.3, 0.4) is 0 Å². The van der Waals surface area contributed by atoms with Crippen molar-refractivity contribution in [3.05, 3.63) is 34.9 Å². The van der Waals surface area contributed by atoms with Gasteiger partial charge in [-0.2, -0.15) is 0 Å². The van der Waals surface area contributed by atoms with Gasteiger partial charge in [-0.1, -0.05) is 37.1 Å². The Hall–Kier alpha value is -0.570. The van der Waals surface area contributed by atoms with Gasteiger partial charge in [-0.3, -0.25) is 4.90 Å². The first-order valence-corrected chi connectivity index (χ1v) is 8.63. The molecule has 0 amide bonds. The summed E-state index contributed by atoms with van der Waals surface area (Å²) in [7, 11) is 2.24. The molecule has 1 aliphatic carbocycles. The third-order valence-electron chi connectivity index (χ3n) is 5.12. The fraction of sp³-hybridized carbons (Fsp3) is 0.667. The Balaban J connectivity index is 2.09. The quantitative estimate of drug-likeness (QED) is 0.859. The second-order valence-electron chi connectivity index (χ2n) is 6.60. The molecule has 0 radical (unpaired) electrons. The molecular weight excluding hydrogens is 280 g/mol. The average molecular weight is 309 g/mol. The molecule has 0 heterocycles. The highest BCUT2D eigenvalue weighted by atomic mass is 35.5. The van der Waals surface area contributed by atoms with Gasteiger partial charge in [0.15, 0.2) is 0 Å². The van der Waals surface area contributed by atoms with Crippen LogP contribution in [0.1, 0.15) is 57.6 Å². The molecule has 21 heavy (non-hydrogen) atoms. The lowest BCUT2D eigenvalue weighted by molar-refractivity contribution is 0.107. The maximum absolute atomic E-state index is 6.29. The van der Waals surface area contributed by atoms with Gasteiger partial charge in [0.1, 0.15) is 0 Å². The number of hydrogen-bond acceptors (Lipinski definition) is 2. The number of benzene rings is 1. The molecule has 0 aromatic heterocycles. The molecule has 1 aromatic carbocycles. The van der Waals surface area contributed by atoms with Crippen LogP contribution in [-0.2, 0) is 0 Å². The lowest BCUT2D eigenvalue weighted by Gasteiger charge is -2.40. The van der Waals surface area contributed by atoms with Crippen molar-refractivity contribution >= 4 is 11.6 Å². The van der Waals surface area contributed by atoms with E-state index in [1.54, 1.807) is 0 Å². The minimum atomic E-state index is 0.111. The van der Waals surface area contributed by atoms with Gasteiger partial charge < -0.3 is 5.73 Å². The van der Waals surface area contributed by atoms with Crippen molar-refractivity contribution in [2.45, 2.75) is 64.1 Å². The zero-order chi connectivity index (χ0) is 15.4. The SMILES string of the molecule is CCC1CCC(N(C)C(c2ccc(Cl)cc2)C(C)N)CC1. The first-order valence-electron chi connectivity index (χ1n) is 8.26. The summed E-state index contributed by atoms with van der Waals surface area (Å²) in [6.07, 6.45) is 6.64. The van der Waals surface area contributed by atoms with Crippen LogP contribution in [-0.4, -0.2) is 24.0 Å². The van der Waals surface area contributed by atoms with E-state index in [9.17, 15) is 0 Å². The molecule has 2 nitrogen and oxygen atoms in total. The van der Waals surface area contributed by atoms with E-state index in [-0.39, 0.29) is 12.1 Å². The fourth-order valence-corrected chi connectivity index (χ4v) is 3.88. The average Bonchev–Trinajstić information content (AvgIpc) is 2.49. The summed E-state index contributed by atoms with van der Waals surface area (Å²) >= 11 is 6.01. The van der Waals surface area contributed by atoms with Crippen LogP contribution in [0, 0.1) is 5.92 Å². The van der Waals surface area contributed by atoms with Crippen LogP contribution in [0.4, 0.5) is 0 Å². The van der Waals surface area contributed by atoms with Crippen LogP contribution in [0.2, 0.25) is 5.02 Å². The smallest absolute Gasteiger partial charge is 0.0496 e. The summed E-state index contributed by atoms with van der Waals surface area (Å²) in [6, 6.07) is 9.20. The monoisotopic (exact) mass is 308 g/mol. The van der Waals surface area contributed by atoms with Crippen LogP contribution < -0.4 is 5.73 Å². The molecule has 118 valence electrons. The first kappa shape index (κ1) is 16.8. The molecule has 2 unspecified atom stereocenters. The Kier molecular flexibility index (Phi) is 6.09. The lowest BCUT2D eigenvalue weighted by Crippen LogP contribution is -2.44. The largest absolute Gasteiger partial charge is 0.326 e. The molecule has 1 aliphatic rings. The standard InChI is InChI=1S/C18H29ClN2/c1-4-14-5-11-17(12-6-14)21(3)18(13(2)20)15-7-9-16(19)10-8-15/h7-10,13-14,17-18H,4-6,11-12,20H2,1-3H3. The van der Waals surface area contributed by atoms with E-state index in [2.05, 4.69) is 37.9 Å². The first-order chi connectivity index (χ1) is 10.0. The minimum Gasteiger partial charge on any atom is -0.326 e. The Labute approximate surface area is 134 Å². The topological polar surface area (TPSA) is 29.3 Å². The molecule has 0 spiro atoms. The van der Waals surface area contributed by atoms with Crippen molar-refractivity contribution in [3.8, 4) is 0 Å². The maximum Gasteiger partial charge on any atom is 0.0496 e. The molecule has 1 aromatic rings. The highest BCUT2D eigenvalue weighted by Crippen LogP contribution is 2.34. The zero-order valence-corrected chi connectivity index (χ0v) is 14.3. The fourth-order valence-electron chi connectivity index (χ4n) is 3.76. The normalized spacial score (nSPS) is 25.8. The van der Waals surface area contributed by atoms with Crippen LogP contribution in [0.5, 0.6) is 0 Å². The highest BCUT2D eigenvalue weighted by molar-refractivity contribution is 6.30. The summed E-state index contributed by atoms with van der Waals surface area (Å²) in [5.74, 6) is 0.930. The summed E-state index contributed by atoms with van der Waals surface area (Å²) < 4.78 is 0. The third-order valence-corrected chi connectivity index (χ3v) is 5.37. The summed E-state index contributed by atoms with van der Waals surface area (Å²) in [6.45, 7) is 4.42. The number of rotatable bonds is 5. The number of nitrogens with two attached hydrogens (primary N) is 1. The van der Waals surface area contributed by atoms with E-state index in [0.717, 1.165) is 10.9 Å². The van der Waals surface area contributed by atoms with Gasteiger partial charge in [0.05, 0.1) is 0 Å². The Morgan fingerprint density at radius 2 is 1.76 bits per heavy atom. The molecular formula is C18H29ClN2. The van der Waals surface area contributed by atoms with Crippen molar-refractivity contribution < 1.29 is 0 Å². The van der Waals surface area contributed by atoms with Crippen LogP contribution in [0.15, 0.2) is 24.3 Å². The Bertz CT molecular complexity index is 421. The van der Waals surface area contributed by atoms with Crippen molar-refractivity contribution in [2.75, 3.05) is 7.05 Å². The summed E-state index contributed by atoms with van der Waals surface area (Å²) in [4.78, 5) is 2.50. The maximum atomic E-state index is 6.29. The van der Waals surface area contributed by atoms with Crippen molar-refractivity contribution in [1.82, 2.24) is 4.90 Å². The van der Waals surface area contributed by atoms with E-state index in [4.69, 9.17) is 17.3 Å². The number of hydrogen-bond donors (Lipinski definition) is 1. The number of halogens is 1.